The van der Waals surface area contributed by atoms with E-state index in [-0.39, 0.29) is 5.91 Å². The molecule has 112 valence electrons. The lowest BCUT2D eigenvalue weighted by Crippen LogP contribution is -2.16. The van der Waals surface area contributed by atoms with Gasteiger partial charge in [-0.25, -0.2) is 0 Å². The highest BCUT2D eigenvalue weighted by Crippen LogP contribution is 2.22. The third-order valence-electron chi connectivity index (χ3n) is 2.84. The first-order valence-corrected chi connectivity index (χ1v) is 7.32. The van der Waals surface area contributed by atoms with Gasteiger partial charge in [-0.1, -0.05) is 23.2 Å². The summed E-state index contributed by atoms with van der Waals surface area (Å²) in [7, 11) is 0. The van der Waals surface area contributed by atoms with Crippen molar-refractivity contribution in [3.63, 3.8) is 0 Å². The molecule has 0 spiro atoms. The molecule has 0 fully saturated rings. The molecule has 0 saturated heterocycles. The van der Waals surface area contributed by atoms with Crippen LogP contribution in [0.5, 0.6) is 0 Å². The number of anilines is 2. The number of hydrogen-bond donors (Lipinski definition) is 2. The first-order valence-electron chi connectivity index (χ1n) is 6.57. The average Bonchev–Trinajstić information content (AvgIpc) is 2.47. The molecule has 0 bridgehead atoms. The zero-order chi connectivity index (χ0) is 15.9. The minimum atomic E-state index is -0.139. The third kappa shape index (κ3) is 4.96. The van der Waals surface area contributed by atoms with Crippen molar-refractivity contribution in [2.24, 2.45) is 0 Å². The van der Waals surface area contributed by atoms with Gasteiger partial charge in [0.25, 0.3) is 0 Å². The standard InChI is InChI=1S/C16H13Cl2N3O/c17-12-7-13(18)9-15(8-12)21-16(22)5-6-20-14-3-1-11(10-19)2-4-14/h1-4,7-9,20H,5-6H2,(H,21,22). The van der Waals surface area contributed by atoms with E-state index in [9.17, 15) is 4.79 Å². The largest absolute Gasteiger partial charge is 0.385 e. The van der Waals surface area contributed by atoms with Gasteiger partial charge in [0.05, 0.1) is 11.6 Å². The number of hydrogen-bond acceptors (Lipinski definition) is 3. The molecule has 2 aromatic rings. The molecule has 0 aliphatic carbocycles. The number of nitrogens with zero attached hydrogens (tertiary/aromatic N) is 1. The van der Waals surface area contributed by atoms with Crippen LogP contribution in [0.3, 0.4) is 0 Å². The van der Waals surface area contributed by atoms with Gasteiger partial charge in [-0.15, -0.1) is 0 Å². The predicted octanol–water partition coefficient (Wildman–Crippen LogP) is 4.31. The van der Waals surface area contributed by atoms with E-state index < -0.39 is 0 Å². The molecule has 2 N–H and O–H groups in total. The smallest absolute Gasteiger partial charge is 0.226 e. The van der Waals surface area contributed by atoms with Crippen molar-refractivity contribution in [2.45, 2.75) is 6.42 Å². The van der Waals surface area contributed by atoms with E-state index in [1.165, 1.54) is 0 Å². The minimum Gasteiger partial charge on any atom is -0.385 e. The van der Waals surface area contributed by atoms with Crippen molar-refractivity contribution in [3.8, 4) is 6.07 Å². The van der Waals surface area contributed by atoms with Crippen molar-refractivity contribution >= 4 is 40.5 Å². The van der Waals surface area contributed by atoms with Gasteiger partial charge < -0.3 is 10.6 Å². The van der Waals surface area contributed by atoms with E-state index in [2.05, 4.69) is 16.7 Å². The van der Waals surface area contributed by atoms with Crippen LogP contribution in [0.25, 0.3) is 0 Å². The lowest BCUT2D eigenvalue weighted by molar-refractivity contribution is -0.115. The van der Waals surface area contributed by atoms with E-state index in [1.54, 1.807) is 42.5 Å². The van der Waals surface area contributed by atoms with Crippen LogP contribution in [0.4, 0.5) is 11.4 Å². The van der Waals surface area contributed by atoms with Crippen LogP contribution in [0.2, 0.25) is 10.0 Å². The maximum Gasteiger partial charge on any atom is 0.226 e. The van der Waals surface area contributed by atoms with Crippen molar-refractivity contribution in [1.82, 2.24) is 0 Å². The Balaban J connectivity index is 1.81. The van der Waals surface area contributed by atoms with Crippen LogP contribution in [0.1, 0.15) is 12.0 Å². The summed E-state index contributed by atoms with van der Waals surface area (Å²) in [4.78, 5) is 11.8. The van der Waals surface area contributed by atoms with Crippen LogP contribution >= 0.6 is 23.2 Å². The monoisotopic (exact) mass is 333 g/mol. The zero-order valence-electron chi connectivity index (χ0n) is 11.6. The summed E-state index contributed by atoms with van der Waals surface area (Å²) < 4.78 is 0. The van der Waals surface area contributed by atoms with Crippen molar-refractivity contribution in [2.75, 3.05) is 17.2 Å². The van der Waals surface area contributed by atoms with Gasteiger partial charge in [0.2, 0.25) is 5.91 Å². The SMILES string of the molecule is N#Cc1ccc(NCCC(=O)Nc2cc(Cl)cc(Cl)c2)cc1. The van der Waals surface area contributed by atoms with Gasteiger partial charge in [-0.2, -0.15) is 5.26 Å². The topological polar surface area (TPSA) is 64.9 Å². The number of nitrogens with one attached hydrogen (secondary N) is 2. The molecule has 22 heavy (non-hydrogen) atoms. The maximum atomic E-state index is 11.8. The fourth-order valence-electron chi connectivity index (χ4n) is 1.83. The summed E-state index contributed by atoms with van der Waals surface area (Å²) in [6.45, 7) is 0.478. The maximum absolute atomic E-state index is 11.8. The molecule has 0 radical (unpaired) electrons. The number of amides is 1. The second-order valence-electron chi connectivity index (χ2n) is 4.57. The normalized spacial score (nSPS) is 9.86. The zero-order valence-corrected chi connectivity index (χ0v) is 13.1. The highest BCUT2D eigenvalue weighted by Gasteiger charge is 2.04. The van der Waals surface area contributed by atoms with Crippen molar-refractivity contribution < 1.29 is 4.79 Å². The average molecular weight is 334 g/mol. The number of carbonyl (C=O) groups excluding carboxylic acids is 1. The summed E-state index contributed by atoms with van der Waals surface area (Å²) >= 11 is 11.7. The third-order valence-corrected chi connectivity index (χ3v) is 3.28. The Kier molecular flexibility index (Phi) is 5.65. The number of halogens is 2. The van der Waals surface area contributed by atoms with Gasteiger partial charge >= 0.3 is 0 Å². The molecular formula is C16H13Cl2N3O. The molecule has 0 unspecified atom stereocenters. The van der Waals surface area contributed by atoms with Gasteiger partial charge in [0, 0.05) is 34.4 Å². The molecule has 0 aliphatic rings. The Bertz CT molecular complexity index is 688. The lowest BCUT2D eigenvalue weighted by atomic mass is 10.2. The fourth-order valence-corrected chi connectivity index (χ4v) is 2.36. The van der Waals surface area contributed by atoms with Crippen LogP contribution < -0.4 is 10.6 Å². The highest BCUT2D eigenvalue weighted by molar-refractivity contribution is 6.35. The Labute approximate surface area is 138 Å². The van der Waals surface area contributed by atoms with E-state index in [0.717, 1.165) is 5.69 Å². The minimum absolute atomic E-state index is 0.139. The van der Waals surface area contributed by atoms with Crippen LogP contribution in [0, 0.1) is 11.3 Å². The Hall–Kier alpha value is -2.22. The fraction of sp³-hybridized carbons (Fsp3) is 0.125. The van der Waals surface area contributed by atoms with Gasteiger partial charge in [-0.05, 0) is 42.5 Å². The van der Waals surface area contributed by atoms with Crippen LogP contribution in [0.15, 0.2) is 42.5 Å². The van der Waals surface area contributed by atoms with Gasteiger partial charge in [0.1, 0.15) is 0 Å². The lowest BCUT2D eigenvalue weighted by Gasteiger charge is -2.08. The second kappa shape index (κ2) is 7.69. The molecule has 0 heterocycles. The second-order valence-corrected chi connectivity index (χ2v) is 5.45. The quantitative estimate of drug-likeness (QED) is 0.856. The van der Waals surface area contributed by atoms with Crippen molar-refractivity contribution in [3.05, 3.63) is 58.1 Å². The van der Waals surface area contributed by atoms with E-state index in [0.29, 0.717) is 34.3 Å². The number of rotatable bonds is 5. The molecule has 0 aliphatic heterocycles. The Morgan fingerprint density at radius 3 is 2.27 bits per heavy atom. The Morgan fingerprint density at radius 2 is 1.68 bits per heavy atom. The van der Waals surface area contributed by atoms with Crippen LogP contribution in [-0.4, -0.2) is 12.5 Å². The number of benzene rings is 2. The van der Waals surface area contributed by atoms with E-state index in [4.69, 9.17) is 28.5 Å². The molecule has 4 nitrogen and oxygen atoms in total. The van der Waals surface area contributed by atoms with E-state index >= 15 is 0 Å². The van der Waals surface area contributed by atoms with Gasteiger partial charge in [-0.3, -0.25) is 4.79 Å². The van der Waals surface area contributed by atoms with E-state index in [1.807, 2.05) is 0 Å². The molecule has 0 aromatic heterocycles. The molecule has 0 saturated carbocycles. The summed E-state index contributed by atoms with van der Waals surface area (Å²) in [5.74, 6) is -0.139. The summed E-state index contributed by atoms with van der Waals surface area (Å²) in [6, 6.07) is 14.0. The predicted molar refractivity (Wildman–Crippen MR) is 89.4 cm³/mol. The summed E-state index contributed by atoms with van der Waals surface area (Å²) in [5.41, 5.74) is 2.03. The molecule has 6 heteroatoms. The number of nitriles is 1. The van der Waals surface area contributed by atoms with Crippen molar-refractivity contribution in [1.29, 1.82) is 5.26 Å². The number of carbonyl (C=O) groups is 1. The summed E-state index contributed by atoms with van der Waals surface area (Å²) in [5, 5.41) is 15.5. The highest BCUT2D eigenvalue weighted by atomic mass is 35.5. The molecule has 1 amide bonds. The molecule has 0 atom stereocenters. The van der Waals surface area contributed by atoms with Crippen LogP contribution in [-0.2, 0) is 4.79 Å². The molecule has 2 aromatic carbocycles. The van der Waals surface area contributed by atoms with Gasteiger partial charge in [0.15, 0.2) is 0 Å². The first-order chi connectivity index (χ1) is 10.6. The summed E-state index contributed by atoms with van der Waals surface area (Å²) in [6.07, 6.45) is 0.296. The molecular weight excluding hydrogens is 321 g/mol. The first kappa shape index (κ1) is 16.2. The Morgan fingerprint density at radius 1 is 1.05 bits per heavy atom. The molecule has 2 rings (SSSR count).